The molecule has 1 heterocycles. The van der Waals surface area contributed by atoms with E-state index in [2.05, 4.69) is 22.9 Å². The van der Waals surface area contributed by atoms with Crippen molar-refractivity contribution in [3.63, 3.8) is 0 Å². The lowest BCUT2D eigenvalue weighted by Crippen LogP contribution is -2.18. The molecule has 1 atom stereocenters. The van der Waals surface area contributed by atoms with Crippen LogP contribution in [0.15, 0.2) is 42.5 Å². The predicted molar refractivity (Wildman–Crippen MR) is 113 cm³/mol. The molecular formula is C22H29N3O3. The molecule has 0 saturated carbocycles. The Bertz CT molecular complexity index is 774. The van der Waals surface area contributed by atoms with Gasteiger partial charge in [-0.3, -0.25) is 0 Å². The van der Waals surface area contributed by atoms with Gasteiger partial charge in [0.2, 0.25) is 0 Å². The van der Waals surface area contributed by atoms with Gasteiger partial charge in [0.1, 0.15) is 5.75 Å². The average molecular weight is 383 g/mol. The van der Waals surface area contributed by atoms with Crippen LogP contribution in [0.1, 0.15) is 36.5 Å². The Labute approximate surface area is 166 Å². The van der Waals surface area contributed by atoms with E-state index in [1.165, 1.54) is 0 Å². The van der Waals surface area contributed by atoms with Crippen molar-refractivity contribution >= 4 is 17.3 Å². The molecular weight excluding hydrogens is 354 g/mol. The first-order valence-corrected chi connectivity index (χ1v) is 10.00. The second-order valence-corrected chi connectivity index (χ2v) is 7.14. The Morgan fingerprint density at radius 1 is 1.21 bits per heavy atom. The smallest absolute Gasteiger partial charge is 0.335 e. The number of ether oxygens (including phenoxy) is 1. The SMILES string of the molecule is CCCCNc1cc(C(=O)O)cc(NCC2CCNC2)c1Oc1ccccc1. The molecule has 2 aromatic carbocycles. The number of hydrogen-bond donors (Lipinski definition) is 4. The van der Waals surface area contributed by atoms with E-state index in [1.54, 1.807) is 12.1 Å². The van der Waals surface area contributed by atoms with Crippen LogP contribution in [-0.4, -0.2) is 37.3 Å². The van der Waals surface area contributed by atoms with E-state index in [4.69, 9.17) is 4.74 Å². The van der Waals surface area contributed by atoms with E-state index in [9.17, 15) is 9.90 Å². The minimum absolute atomic E-state index is 0.242. The molecule has 1 fully saturated rings. The normalized spacial score (nSPS) is 16.0. The van der Waals surface area contributed by atoms with Gasteiger partial charge in [0.15, 0.2) is 5.75 Å². The summed E-state index contributed by atoms with van der Waals surface area (Å²) < 4.78 is 6.19. The van der Waals surface area contributed by atoms with Gasteiger partial charge in [-0.2, -0.15) is 0 Å². The van der Waals surface area contributed by atoms with Gasteiger partial charge in [0.25, 0.3) is 0 Å². The number of carboxylic acid groups (broad SMARTS) is 1. The Morgan fingerprint density at radius 2 is 1.96 bits per heavy atom. The van der Waals surface area contributed by atoms with Crippen LogP contribution in [0.2, 0.25) is 0 Å². The number of para-hydroxylation sites is 1. The first-order valence-electron chi connectivity index (χ1n) is 10.00. The minimum atomic E-state index is -0.949. The maximum atomic E-state index is 11.7. The van der Waals surface area contributed by atoms with E-state index in [1.807, 2.05) is 30.3 Å². The Morgan fingerprint density at radius 3 is 2.61 bits per heavy atom. The summed E-state index contributed by atoms with van der Waals surface area (Å²) >= 11 is 0. The van der Waals surface area contributed by atoms with Gasteiger partial charge >= 0.3 is 5.97 Å². The molecule has 6 nitrogen and oxygen atoms in total. The number of unbranched alkanes of at least 4 members (excludes halogenated alkanes) is 1. The van der Waals surface area contributed by atoms with Crippen LogP contribution in [0.5, 0.6) is 11.5 Å². The van der Waals surface area contributed by atoms with Crippen molar-refractivity contribution in [2.24, 2.45) is 5.92 Å². The first-order chi connectivity index (χ1) is 13.7. The highest BCUT2D eigenvalue weighted by molar-refractivity contribution is 5.92. The Balaban J connectivity index is 1.92. The molecule has 1 aliphatic heterocycles. The van der Waals surface area contributed by atoms with Crippen molar-refractivity contribution in [3.05, 3.63) is 48.0 Å². The quantitative estimate of drug-likeness (QED) is 0.455. The van der Waals surface area contributed by atoms with Crippen LogP contribution >= 0.6 is 0 Å². The zero-order chi connectivity index (χ0) is 19.8. The summed E-state index contributed by atoms with van der Waals surface area (Å²) in [6, 6.07) is 12.9. The zero-order valence-corrected chi connectivity index (χ0v) is 16.3. The first kappa shape index (κ1) is 20.0. The number of carbonyl (C=O) groups is 1. The van der Waals surface area contributed by atoms with Gasteiger partial charge in [0.05, 0.1) is 16.9 Å². The van der Waals surface area contributed by atoms with Gasteiger partial charge in [-0.05, 0) is 56.1 Å². The molecule has 0 amide bonds. The standard InChI is InChI=1S/C22H29N3O3/c1-2-3-10-24-19-12-17(22(26)27)13-20(25-15-16-9-11-23-14-16)21(19)28-18-7-5-4-6-8-18/h4-8,12-13,16,23-25H,2-3,9-11,14-15H2,1H3,(H,26,27). The molecule has 0 bridgehead atoms. The summed E-state index contributed by atoms with van der Waals surface area (Å²) in [5, 5.41) is 19.7. The van der Waals surface area contributed by atoms with Crippen LogP contribution in [0.3, 0.4) is 0 Å². The van der Waals surface area contributed by atoms with Crippen LogP contribution in [0.4, 0.5) is 11.4 Å². The van der Waals surface area contributed by atoms with Gasteiger partial charge in [-0.15, -0.1) is 0 Å². The number of rotatable bonds is 10. The molecule has 1 unspecified atom stereocenters. The average Bonchev–Trinajstić information content (AvgIpc) is 3.22. The molecule has 0 radical (unpaired) electrons. The fourth-order valence-corrected chi connectivity index (χ4v) is 3.27. The highest BCUT2D eigenvalue weighted by Gasteiger charge is 2.19. The van der Waals surface area contributed by atoms with Crippen LogP contribution in [-0.2, 0) is 0 Å². The molecule has 28 heavy (non-hydrogen) atoms. The topological polar surface area (TPSA) is 82.6 Å². The van der Waals surface area contributed by atoms with E-state index >= 15 is 0 Å². The Kier molecular flexibility index (Phi) is 7.14. The molecule has 150 valence electrons. The van der Waals surface area contributed by atoms with Crippen molar-refractivity contribution in [3.8, 4) is 11.5 Å². The number of carboxylic acids is 1. The molecule has 1 aliphatic rings. The second-order valence-electron chi connectivity index (χ2n) is 7.14. The van der Waals surface area contributed by atoms with Crippen molar-refractivity contribution in [1.82, 2.24) is 5.32 Å². The molecule has 4 N–H and O–H groups in total. The largest absolute Gasteiger partial charge is 0.478 e. The number of anilines is 2. The molecule has 0 spiro atoms. The van der Waals surface area contributed by atoms with Crippen molar-refractivity contribution in [1.29, 1.82) is 0 Å². The summed E-state index contributed by atoms with van der Waals surface area (Å²) in [7, 11) is 0. The van der Waals surface area contributed by atoms with E-state index in [0.29, 0.717) is 23.0 Å². The lowest BCUT2D eigenvalue weighted by atomic mass is 10.1. The van der Waals surface area contributed by atoms with E-state index < -0.39 is 5.97 Å². The highest BCUT2D eigenvalue weighted by atomic mass is 16.5. The number of hydrogen-bond acceptors (Lipinski definition) is 5. The monoisotopic (exact) mass is 383 g/mol. The van der Waals surface area contributed by atoms with Crippen molar-refractivity contribution < 1.29 is 14.6 Å². The van der Waals surface area contributed by atoms with Gasteiger partial charge in [-0.1, -0.05) is 31.5 Å². The lowest BCUT2D eigenvalue weighted by molar-refractivity contribution is 0.0697. The fourth-order valence-electron chi connectivity index (χ4n) is 3.27. The second kappa shape index (κ2) is 9.99. The van der Waals surface area contributed by atoms with Crippen LogP contribution < -0.4 is 20.7 Å². The molecule has 0 aliphatic carbocycles. The third kappa shape index (κ3) is 5.39. The van der Waals surface area contributed by atoms with Crippen LogP contribution in [0.25, 0.3) is 0 Å². The number of nitrogens with one attached hydrogen (secondary N) is 3. The molecule has 6 heteroatoms. The lowest BCUT2D eigenvalue weighted by Gasteiger charge is -2.20. The molecule has 3 rings (SSSR count). The molecule has 1 saturated heterocycles. The molecule has 0 aromatic heterocycles. The van der Waals surface area contributed by atoms with Crippen LogP contribution in [0, 0.1) is 5.92 Å². The van der Waals surface area contributed by atoms with E-state index in [-0.39, 0.29) is 5.56 Å². The summed E-state index contributed by atoms with van der Waals surface area (Å²) in [5.41, 5.74) is 1.64. The predicted octanol–water partition coefficient (Wildman–Crippen LogP) is 4.41. The number of aromatic carboxylic acids is 1. The van der Waals surface area contributed by atoms with Crippen molar-refractivity contribution in [2.45, 2.75) is 26.2 Å². The third-order valence-corrected chi connectivity index (χ3v) is 4.89. The summed E-state index contributed by atoms with van der Waals surface area (Å²) in [4.78, 5) is 11.7. The summed E-state index contributed by atoms with van der Waals surface area (Å²) in [5.74, 6) is 0.929. The molecule has 2 aromatic rings. The Hall–Kier alpha value is -2.73. The third-order valence-electron chi connectivity index (χ3n) is 4.89. The summed E-state index contributed by atoms with van der Waals surface area (Å²) in [6.07, 6.45) is 3.17. The minimum Gasteiger partial charge on any atom is -0.478 e. The number of benzene rings is 2. The maximum absolute atomic E-state index is 11.7. The fraction of sp³-hybridized carbons (Fsp3) is 0.409. The van der Waals surface area contributed by atoms with Gasteiger partial charge in [-0.25, -0.2) is 4.79 Å². The maximum Gasteiger partial charge on any atom is 0.335 e. The summed E-state index contributed by atoms with van der Waals surface area (Å²) in [6.45, 7) is 5.66. The zero-order valence-electron chi connectivity index (χ0n) is 16.3. The van der Waals surface area contributed by atoms with E-state index in [0.717, 1.165) is 51.2 Å². The van der Waals surface area contributed by atoms with Gasteiger partial charge in [0, 0.05) is 13.1 Å². The van der Waals surface area contributed by atoms with Gasteiger partial charge < -0.3 is 25.8 Å². The highest BCUT2D eigenvalue weighted by Crippen LogP contribution is 2.39. The van der Waals surface area contributed by atoms with Crippen molar-refractivity contribution in [2.75, 3.05) is 36.8 Å².